The van der Waals surface area contributed by atoms with Crippen LogP contribution in [0, 0.1) is 11.8 Å². The highest BCUT2D eigenvalue weighted by Gasteiger charge is 2.51. The third kappa shape index (κ3) is 13.1. The van der Waals surface area contributed by atoms with Crippen LogP contribution in [0.2, 0.25) is 0 Å². The van der Waals surface area contributed by atoms with Crippen LogP contribution in [0.4, 0.5) is 8.78 Å². The second-order valence-corrected chi connectivity index (χ2v) is 23.2. The van der Waals surface area contributed by atoms with Gasteiger partial charge in [-0.3, -0.25) is 53.0 Å². The number of piperidine rings is 1. The van der Waals surface area contributed by atoms with Gasteiger partial charge in [0.25, 0.3) is 11.8 Å². The van der Waals surface area contributed by atoms with Crippen molar-refractivity contribution in [3.05, 3.63) is 142 Å². The van der Waals surface area contributed by atoms with Crippen molar-refractivity contribution >= 4 is 71.7 Å². The molecule has 9 amide bonds. The van der Waals surface area contributed by atoms with Crippen molar-refractivity contribution in [2.24, 2.45) is 12.8 Å². The van der Waals surface area contributed by atoms with Gasteiger partial charge in [-0.15, -0.1) is 0 Å². The minimum atomic E-state index is -5.94. The zero-order chi connectivity index (χ0) is 60.0. The molecule has 4 aliphatic heterocycles. The number of nitrogens with one attached hydrogen (secondary N) is 4. The second-order valence-electron chi connectivity index (χ2n) is 21.5. The van der Waals surface area contributed by atoms with E-state index in [0.717, 1.165) is 23.3 Å². The van der Waals surface area contributed by atoms with E-state index in [2.05, 4.69) is 33.1 Å². The summed E-state index contributed by atoms with van der Waals surface area (Å²) in [5.41, 5.74) is 3.41. The van der Waals surface area contributed by atoms with Crippen LogP contribution >= 0.6 is 7.60 Å². The van der Waals surface area contributed by atoms with Gasteiger partial charge in [0, 0.05) is 86.0 Å². The summed E-state index contributed by atoms with van der Waals surface area (Å²) in [5, 5.41) is 10.9. The Kier molecular flexibility index (Phi) is 18.2. The molecular formula is C60H64F2N9O12P. The number of carbonyl (C=O) groups is 9. The molecule has 0 bridgehead atoms. The molecule has 84 heavy (non-hydrogen) atoms. The number of amides is 9. The quantitative estimate of drug-likeness (QED) is 0.0260. The van der Waals surface area contributed by atoms with Crippen LogP contribution in [0.25, 0.3) is 10.9 Å². The van der Waals surface area contributed by atoms with Gasteiger partial charge in [0.15, 0.2) is 0 Å². The molecule has 24 heteroatoms. The molecule has 0 radical (unpaired) electrons. The SMILES string of the molecule is Cn1c(C(=O)N[C@H]2CN(C(=O)CCCCCC#Cc3cccc4c3CN(C3CCC(=O)NC3=O)C4=O)CC[C@H]3CC[C@@H](C(=O)N[C@@H](CCC(N)=O)C(=O)NC(c4ccccc4)c4ccccc4)N3C2=O)cc2cc(C(F)(F)P(=O)(O)O)ccc21. The first-order chi connectivity index (χ1) is 40.1. The van der Waals surface area contributed by atoms with Crippen molar-refractivity contribution in [1.82, 2.24) is 40.5 Å². The van der Waals surface area contributed by atoms with Crippen LogP contribution in [-0.2, 0) is 57.4 Å². The standard InChI is InChI=1S/C60H64F2N9O12P/c1-68-46-25-22-40(60(61,62)84(81,82)83)32-39(46)33-49(68)57(78)65-45-35-69(52(74)21-12-4-2-3-7-14-36-19-13-20-42-43(36)34-70(58(42)79)47-27-29-51(73)66-55(47)76)31-30-41-23-26-48(71(41)59(45)80)56(77)64-44(24-28-50(63)72)54(75)67-53(37-15-8-5-9-16-37)38-17-10-6-11-18-38/h5-6,8-11,13,15-20,22,25,32-33,41,44-45,47-48,53H,2-4,12,21,23-24,26-31,34-35H2,1H3,(H2,63,72)(H,64,77)(H,65,78)(H,67,75)(H,66,73,76)(H2,81,82,83)/t41-,44+,45+,47?,48+/m1/s1. The number of benzene rings is 4. The van der Waals surface area contributed by atoms with Gasteiger partial charge in [0.05, 0.1) is 6.04 Å². The summed E-state index contributed by atoms with van der Waals surface area (Å²) in [5.74, 6) is 1.19. The molecule has 4 aliphatic rings. The number of primary amides is 1. The van der Waals surface area contributed by atoms with Gasteiger partial charge < -0.3 is 50.7 Å². The number of fused-ring (bicyclic) bond motifs is 3. The maximum absolute atomic E-state index is 15.1. The smallest absolute Gasteiger partial charge is 0.370 e. The molecule has 3 saturated heterocycles. The molecule has 5 atom stereocenters. The highest BCUT2D eigenvalue weighted by atomic mass is 31.2. The monoisotopic (exact) mass is 1170 g/mol. The Morgan fingerprint density at radius 3 is 2.24 bits per heavy atom. The maximum atomic E-state index is 15.1. The van der Waals surface area contributed by atoms with Crippen molar-refractivity contribution in [2.45, 2.75) is 126 Å². The van der Waals surface area contributed by atoms with Crippen LogP contribution < -0.4 is 27.0 Å². The Morgan fingerprint density at radius 1 is 0.845 bits per heavy atom. The predicted octanol–water partition coefficient (Wildman–Crippen LogP) is 4.51. The molecule has 21 nitrogen and oxygen atoms in total. The first-order valence-corrected chi connectivity index (χ1v) is 29.4. The number of aromatic nitrogens is 1. The van der Waals surface area contributed by atoms with Crippen LogP contribution in [0.1, 0.15) is 132 Å². The lowest BCUT2D eigenvalue weighted by Gasteiger charge is -2.39. The topological polar surface area (TPSA) is 300 Å². The lowest BCUT2D eigenvalue weighted by Crippen LogP contribution is -2.62. The summed E-state index contributed by atoms with van der Waals surface area (Å²) >= 11 is 0. The van der Waals surface area contributed by atoms with E-state index in [9.17, 15) is 61.5 Å². The Labute approximate surface area is 482 Å². The van der Waals surface area contributed by atoms with Crippen LogP contribution in [0.15, 0.2) is 103 Å². The van der Waals surface area contributed by atoms with E-state index >= 15 is 4.79 Å². The Bertz CT molecular complexity index is 3490. The molecule has 0 saturated carbocycles. The lowest BCUT2D eigenvalue weighted by molar-refractivity contribution is -0.145. The zero-order valence-electron chi connectivity index (χ0n) is 45.9. The van der Waals surface area contributed by atoms with Crippen LogP contribution in [0.3, 0.4) is 0 Å². The summed E-state index contributed by atoms with van der Waals surface area (Å²) in [7, 11) is -4.49. The fraction of sp³-hybridized carbons (Fsp3) is 0.383. The number of rotatable bonds is 19. The van der Waals surface area contributed by atoms with E-state index in [0.29, 0.717) is 48.8 Å². The summed E-state index contributed by atoms with van der Waals surface area (Å²) in [6.45, 7) is -0.0262. The van der Waals surface area contributed by atoms with Gasteiger partial charge in [-0.25, -0.2) is 0 Å². The number of hydrogen-bond donors (Lipinski definition) is 7. The number of alkyl halides is 2. The minimum absolute atomic E-state index is 0.0311. The van der Waals surface area contributed by atoms with Crippen LogP contribution in [0.5, 0.6) is 0 Å². The number of unbranched alkanes of at least 4 members (excludes halogenated alkanes) is 3. The number of nitrogens with zero attached hydrogens (tertiary/aromatic N) is 4. The molecule has 3 fully saturated rings. The lowest BCUT2D eigenvalue weighted by atomic mass is 9.98. The van der Waals surface area contributed by atoms with Crippen molar-refractivity contribution in [1.29, 1.82) is 0 Å². The second kappa shape index (κ2) is 25.5. The van der Waals surface area contributed by atoms with E-state index in [-0.39, 0.29) is 98.9 Å². The van der Waals surface area contributed by atoms with Crippen molar-refractivity contribution in [2.75, 3.05) is 13.1 Å². The molecule has 5 aromatic rings. The number of imide groups is 1. The zero-order valence-corrected chi connectivity index (χ0v) is 46.8. The van der Waals surface area contributed by atoms with Crippen LogP contribution in [-0.4, -0.2) is 126 Å². The van der Waals surface area contributed by atoms with Gasteiger partial charge in [-0.05, 0) is 92.0 Å². The van der Waals surface area contributed by atoms with Crippen molar-refractivity contribution < 1.29 is 66.3 Å². The summed E-state index contributed by atoms with van der Waals surface area (Å²) in [4.78, 5) is 145. The van der Waals surface area contributed by atoms with E-state index in [4.69, 9.17) is 5.73 Å². The van der Waals surface area contributed by atoms with Gasteiger partial charge >= 0.3 is 13.3 Å². The first kappa shape index (κ1) is 60.0. The van der Waals surface area contributed by atoms with E-state index in [1.54, 1.807) is 18.2 Å². The molecule has 4 aromatic carbocycles. The Morgan fingerprint density at radius 2 is 1.56 bits per heavy atom. The molecule has 9 rings (SSSR count). The number of hydrogen-bond acceptors (Lipinski definition) is 10. The Balaban J connectivity index is 0.899. The molecule has 440 valence electrons. The highest BCUT2D eigenvalue weighted by molar-refractivity contribution is 7.52. The first-order valence-electron chi connectivity index (χ1n) is 27.8. The van der Waals surface area contributed by atoms with Gasteiger partial charge in [0.1, 0.15) is 29.9 Å². The molecule has 1 aromatic heterocycles. The third-order valence-electron chi connectivity index (χ3n) is 16.0. The summed E-state index contributed by atoms with van der Waals surface area (Å²) in [6.07, 6.45) is 2.80. The number of aryl methyl sites for hydroxylation is 1. The summed E-state index contributed by atoms with van der Waals surface area (Å²) < 4.78 is 42.8. The highest BCUT2D eigenvalue weighted by Crippen LogP contribution is 2.59. The molecule has 0 spiro atoms. The third-order valence-corrected chi connectivity index (χ3v) is 17.0. The fourth-order valence-corrected chi connectivity index (χ4v) is 12.0. The molecule has 0 aliphatic carbocycles. The minimum Gasteiger partial charge on any atom is -0.370 e. The van der Waals surface area contributed by atoms with Gasteiger partial charge in [-0.2, -0.15) is 8.78 Å². The van der Waals surface area contributed by atoms with Crippen molar-refractivity contribution in [3.8, 4) is 11.8 Å². The molecular weight excluding hydrogens is 1110 g/mol. The van der Waals surface area contributed by atoms with Gasteiger partial charge in [-0.1, -0.05) is 91.1 Å². The summed E-state index contributed by atoms with van der Waals surface area (Å²) in [6, 6.07) is 21.6. The Hall–Kier alpha value is -8.58. The maximum Gasteiger partial charge on any atom is 0.399 e. The predicted molar refractivity (Wildman–Crippen MR) is 301 cm³/mol. The fourth-order valence-electron chi connectivity index (χ4n) is 11.5. The molecule has 5 heterocycles. The average molecular weight is 1170 g/mol. The van der Waals surface area contributed by atoms with Gasteiger partial charge in [0.2, 0.25) is 41.4 Å². The number of nitrogens with two attached hydrogens (primary N) is 1. The molecule has 1 unspecified atom stereocenters. The largest absolute Gasteiger partial charge is 0.399 e. The van der Waals surface area contributed by atoms with E-state index < -0.39 is 90.5 Å². The number of halogens is 2. The average Bonchev–Trinajstić information content (AvgIpc) is 4.36. The molecule has 8 N–H and O–H groups in total. The normalized spacial score (nSPS) is 19.4. The number of carbonyl (C=O) groups excluding carboxylic acids is 9. The van der Waals surface area contributed by atoms with E-state index in [1.165, 1.54) is 38.4 Å². The van der Waals surface area contributed by atoms with Crippen molar-refractivity contribution in [3.63, 3.8) is 0 Å². The van der Waals surface area contributed by atoms with E-state index in [1.807, 2.05) is 60.7 Å².